The van der Waals surface area contributed by atoms with E-state index in [0.29, 0.717) is 0 Å². The Balaban J connectivity index is 2.95. The third kappa shape index (κ3) is 0.708. The Kier molecular flexibility index (Phi) is 1.17. The van der Waals surface area contributed by atoms with Crippen molar-refractivity contribution in [2.75, 3.05) is 0 Å². The molecule has 2 nitrogen and oxygen atoms in total. The second-order valence-corrected chi connectivity index (χ2v) is 2.46. The molecule has 1 heterocycles. The van der Waals surface area contributed by atoms with Crippen molar-refractivity contribution >= 4 is 23.7 Å². The molecule has 0 bridgehead atoms. The molecule has 0 amide bonds. The summed E-state index contributed by atoms with van der Waals surface area (Å²) < 4.78 is 5.06. The molecule has 0 aliphatic rings. The van der Waals surface area contributed by atoms with Gasteiger partial charge in [-0.3, -0.25) is 0 Å². The lowest BCUT2D eigenvalue weighted by molar-refractivity contribution is 0.595. The number of oxazole rings is 1. The molecule has 0 radical (unpaired) electrons. The monoisotopic (exact) mass is 151 g/mol. The summed E-state index contributed by atoms with van der Waals surface area (Å²) in [5, 5.41) is 0. The van der Waals surface area contributed by atoms with Crippen molar-refractivity contribution in [3.63, 3.8) is 0 Å². The third-order valence-electron chi connectivity index (χ3n) is 1.34. The summed E-state index contributed by atoms with van der Waals surface area (Å²) >= 11 is 4.18. The first-order chi connectivity index (χ1) is 4.88. The average molecular weight is 151 g/mol. The molecule has 3 heteroatoms. The van der Waals surface area contributed by atoms with Crippen molar-refractivity contribution in [2.24, 2.45) is 0 Å². The summed E-state index contributed by atoms with van der Waals surface area (Å²) in [6.07, 6.45) is 1.42. The fraction of sp³-hybridized carbons (Fsp3) is 0. The molecule has 0 atom stereocenters. The molecule has 1 aromatic carbocycles. The second kappa shape index (κ2) is 2.02. The highest BCUT2D eigenvalue weighted by atomic mass is 32.1. The lowest BCUT2D eigenvalue weighted by Gasteiger charge is -1.88. The van der Waals surface area contributed by atoms with Gasteiger partial charge >= 0.3 is 0 Å². The van der Waals surface area contributed by atoms with Crippen LogP contribution in [0.1, 0.15) is 0 Å². The van der Waals surface area contributed by atoms with Gasteiger partial charge in [0.25, 0.3) is 0 Å². The van der Waals surface area contributed by atoms with Crippen LogP contribution in [0.3, 0.4) is 0 Å². The Bertz CT molecular complexity index is 355. The highest BCUT2D eigenvalue weighted by Gasteiger charge is 1.98. The van der Waals surface area contributed by atoms with Gasteiger partial charge in [0.05, 0.1) is 0 Å². The molecule has 0 unspecified atom stereocenters. The van der Waals surface area contributed by atoms with Crippen molar-refractivity contribution in [1.82, 2.24) is 4.98 Å². The summed E-state index contributed by atoms with van der Waals surface area (Å²) in [5.41, 5.74) is 1.61. The van der Waals surface area contributed by atoms with Gasteiger partial charge in [0.2, 0.25) is 0 Å². The first kappa shape index (κ1) is 5.80. The smallest absolute Gasteiger partial charge is 0.182 e. The molecule has 0 saturated carbocycles. The van der Waals surface area contributed by atoms with Gasteiger partial charge in [-0.15, -0.1) is 12.6 Å². The standard InChI is InChI=1S/C7H5NOS/c10-6-3-1-2-5-7(6)9-4-8-5/h1-4,10H. The number of thiol groups is 1. The van der Waals surface area contributed by atoms with Gasteiger partial charge in [-0.2, -0.15) is 0 Å². The lowest BCUT2D eigenvalue weighted by atomic mass is 10.3. The maximum absolute atomic E-state index is 5.06. The quantitative estimate of drug-likeness (QED) is 0.583. The maximum Gasteiger partial charge on any atom is 0.182 e. The Morgan fingerprint density at radius 3 is 3.10 bits per heavy atom. The van der Waals surface area contributed by atoms with E-state index in [1.807, 2.05) is 18.2 Å². The van der Waals surface area contributed by atoms with E-state index in [9.17, 15) is 0 Å². The predicted octanol–water partition coefficient (Wildman–Crippen LogP) is 2.12. The van der Waals surface area contributed by atoms with Gasteiger partial charge in [-0.1, -0.05) is 6.07 Å². The fourth-order valence-corrected chi connectivity index (χ4v) is 1.12. The van der Waals surface area contributed by atoms with E-state index < -0.39 is 0 Å². The van der Waals surface area contributed by atoms with E-state index in [0.717, 1.165) is 16.0 Å². The maximum atomic E-state index is 5.06. The zero-order valence-corrected chi connectivity index (χ0v) is 6.01. The number of hydrogen-bond acceptors (Lipinski definition) is 3. The van der Waals surface area contributed by atoms with Crippen LogP contribution in [-0.2, 0) is 0 Å². The zero-order valence-electron chi connectivity index (χ0n) is 5.11. The zero-order chi connectivity index (χ0) is 6.97. The van der Waals surface area contributed by atoms with Gasteiger partial charge in [0.1, 0.15) is 5.52 Å². The van der Waals surface area contributed by atoms with Gasteiger partial charge in [-0.25, -0.2) is 4.98 Å². The molecular formula is C7H5NOS. The fourth-order valence-electron chi connectivity index (χ4n) is 0.871. The molecule has 0 spiro atoms. The Labute approximate surface area is 63.3 Å². The van der Waals surface area contributed by atoms with E-state index in [1.165, 1.54) is 6.39 Å². The van der Waals surface area contributed by atoms with Crippen molar-refractivity contribution < 1.29 is 4.42 Å². The molecule has 50 valence electrons. The topological polar surface area (TPSA) is 26.0 Å². The van der Waals surface area contributed by atoms with Crippen LogP contribution in [0.15, 0.2) is 33.9 Å². The number of para-hydroxylation sites is 1. The van der Waals surface area contributed by atoms with E-state index in [1.54, 1.807) is 0 Å². The summed E-state index contributed by atoms with van der Waals surface area (Å²) in [6.45, 7) is 0. The molecular weight excluding hydrogens is 146 g/mol. The molecule has 2 aromatic rings. The third-order valence-corrected chi connectivity index (χ3v) is 1.69. The lowest BCUT2D eigenvalue weighted by Crippen LogP contribution is -1.67. The summed E-state index contributed by atoms with van der Waals surface area (Å²) in [6, 6.07) is 5.66. The molecule has 0 aliphatic heterocycles. The SMILES string of the molecule is Sc1cccc2ncoc12. The predicted molar refractivity (Wildman–Crippen MR) is 41.3 cm³/mol. The highest BCUT2D eigenvalue weighted by Crippen LogP contribution is 2.19. The first-order valence-corrected chi connectivity index (χ1v) is 3.34. The largest absolute Gasteiger partial charge is 0.442 e. The van der Waals surface area contributed by atoms with E-state index in [-0.39, 0.29) is 0 Å². The summed E-state index contributed by atoms with van der Waals surface area (Å²) in [4.78, 5) is 4.79. The summed E-state index contributed by atoms with van der Waals surface area (Å²) in [7, 11) is 0. The van der Waals surface area contributed by atoms with Gasteiger partial charge in [0, 0.05) is 4.90 Å². The molecule has 0 saturated heterocycles. The molecule has 2 rings (SSSR count). The van der Waals surface area contributed by atoms with Crippen molar-refractivity contribution in [3.05, 3.63) is 24.6 Å². The van der Waals surface area contributed by atoms with Gasteiger partial charge in [-0.05, 0) is 12.1 Å². The highest BCUT2D eigenvalue weighted by molar-refractivity contribution is 7.80. The van der Waals surface area contributed by atoms with Crippen LogP contribution in [0.4, 0.5) is 0 Å². The Hall–Kier alpha value is -0.960. The molecule has 1 aromatic heterocycles. The first-order valence-electron chi connectivity index (χ1n) is 2.89. The number of nitrogens with zero attached hydrogens (tertiary/aromatic N) is 1. The minimum atomic E-state index is 0.755. The van der Waals surface area contributed by atoms with E-state index in [4.69, 9.17) is 4.42 Å². The minimum Gasteiger partial charge on any atom is -0.442 e. The van der Waals surface area contributed by atoms with Crippen LogP contribution in [0.25, 0.3) is 11.1 Å². The van der Waals surface area contributed by atoms with Gasteiger partial charge < -0.3 is 4.42 Å². The van der Waals surface area contributed by atoms with Gasteiger partial charge in [0.15, 0.2) is 12.0 Å². The van der Waals surface area contributed by atoms with Crippen LogP contribution in [-0.4, -0.2) is 4.98 Å². The van der Waals surface area contributed by atoms with Crippen LogP contribution < -0.4 is 0 Å². The number of rotatable bonds is 0. The summed E-state index contributed by atoms with van der Waals surface area (Å²) in [5.74, 6) is 0. The molecule has 0 N–H and O–H groups in total. The minimum absolute atomic E-state index is 0.755. The van der Waals surface area contributed by atoms with Crippen LogP contribution >= 0.6 is 12.6 Å². The van der Waals surface area contributed by atoms with E-state index in [2.05, 4.69) is 17.6 Å². The normalized spacial score (nSPS) is 10.5. The molecule has 0 aliphatic carbocycles. The van der Waals surface area contributed by atoms with Crippen LogP contribution in [0.2, 0.25) is 0 Å². The van der Waals surface area contributed by atoms with Crippen molar-refractivity contribution in [1.29, 1.82) is 0 Å². The number of aromatic nitrogens is 1. The number of hydrogen-bond donors (Lipinski definition) is 1. The Morgan fingerprint density at radius 2 is 2.30 bits per heavy atom. The van der Waals surface area contributed by atoms with E-state index >= 15 is 0 Å². The molecule has 0 fully saturated rings. The second-order valence-electron chi connectivity index (χ2n) is 1.98. The van der Waals surface area contributed by atoms with Crippen molar-refractivity contribution in [2.45, 2.75) is 4.90 Å². The average Bonchev–Trinajstić information content (AvgIpc) is 2.36. The molecule has 10 heavy (non-hydrogen) atoms. The van der Waals surface area contributed by atoms with Crippen LogP contribution in [0.5, 0.6) is 0 Å². The number of benzene rings is 1. The van der Waals surface area contributed by atoms with Crippen molar-refractivity contribution in [3.8, 4) is 0 Å². The van der Waals surface area contributed by atoms with Crippen LogP contribution in [0, 0.1) is 0 Å². The number of fused-ring (bicyclic) bond motifs is 1. The Morgan fingerprint density at radius 1 is 1.40 bits per heavy atom.